The van der Waals surface area contributed by atoms with Crippen LogP contribution >= 0.6 is 0 Å². The molecule has 0 spiro atoms. The fourth-order valence-corrected chi connectivity index (χ4v) is 3.67. The van der Waals surface area contributed by atoms with Gasteiger partial charge in [-0.3, -0.25) is 9.59 Å². The number of alkyl halides is 3. The van der Waals surface area contributed by atoms with E-state index in [1.54, 1.807) is 18.2 Å². The predicted octanol–water partition coefficient (Wildman–Crippen LogP) is 3.96. The second-order valence-corrected chi connectivity index (χ2v) is 7.42. The second-order valence-electron chi connectivity index (χ2n) is 7.42. The molecule has 1 atom stereocenters. The molecule has 1 aromatic heterocycles. The van der Waals surface area contributed by atoms with Crippen molar-refractivity contribution in [3.05, 3.63) is 82.6 Å². The van der Waals surface area contributed by atoms with Gasteiger partial charge in [0.1, 0.15) is 5.56 Å². The summed E-state index contributed by atoms with van der Waals surface area (Å²) in [4.78, 5) is 34.5. The molecule has 9 nitrogen and oxygen atoms in total. The number of nitrogens with one attached hydrogen (secondary N) is 2. The molecule has 2 N–H and O–H groups in total. The van der Waals surface area contributed by atoms with Crippen molar-refractivity contribution in [2.75, 3.05) is 11.9 Å². The van der Waals surface area contributed by atoms with Gasteiger partial charge in [0, 0.05) is 17.8 Å². The van der Waals surface area contributed by atoms with Gasteiger partial charge in [0.25, 0.3) is 5.91 Å². The summed E-state index contributed by atoms with van der Waals surface area (Å²) < 4.78 is 41.9. The van der Waals surface area contributed by atoms with Crippen LogP contribution in [0.25, 0.3) is 16.8 Å². The lowest BCUT2D eigenvalue weighted by Gasteiger charge is -2.27. The molecule has 34 heavy (non-hydrogen) atoms. The van der Waals surface area contributed by atoms with Gasteiger partial charge in [0.15, 0.2) is 0 Å². The maximum Gasteiger partial charge on any atom is 0.398 e. The first-order valence-electron chi connectivity index (χ1n) is 9.85. The smallest absolute Gasteiger partial charge is 0.358 e. The van der Waals surface area contributed by atoms with Crippen molar-refractivity contribution in [2.24, 2.45) is 0 Å². The Kier molecular flexibility index (Phi) is 5.65. The maximum atomic E-state index is 13.6. The Hall–Kier alpha value is -4.48. The molecule has 0 saturated carbocycles. The Balaban J connectivity index is 1.80. The molecule has 2 amide bonds. The Morgan fingerprint density at radius 2 is 2.03 bits per heavy atom. The van der Waals surface area contributed by atoms with Gasteiger partial charge >= 0.3 is 12.0 Å². The zero-order chi connectivity index (χ0) is 24.6. The molecule has 2 aromatic carbocycles. The Bertz CT molecular complexity index is 1330. The molecule has 0 saturated heterocycles. The number of aromatic nitrogens is 2. The maximum absolute atomic E-state index is 13.6. The third-order valence-corrected chi connectivity index (χ3v) is 5.28. The van der Waals surface area contributed by atoms with E-state index < -0.39 is 41.2 Å². The van der Waals surface area contributed by atoms with E-state index in [-0.39, 0.29) is 22.3 Å². The highest BCUT2D eigenvalue weighted by Gasteiger charge is 2.45. The third kappa shape index (κ3) is 4.25. The van der Waals surface area contributed by atoms with Gasteiger partial charge in [-0.05, 0) is 52.5 Å². The van der Waals surface area contributed by atoms with Gasteiger partial charge in [-0.1, -0.05) is 18.7 Å². The second kappa shape index (κ2) is 8.46. The highest BCUT2D eigenvalue weighted by molar-refractivity contribution is 5.99. The Morgan fingerprint density at radius 1 is 1.26 bits per heavy atom. The van der Waals surface area contributed by atoms with Gasteiger partial charge in [0.05, 0.1) is 22.9 Å². The zero-order valence-electron chi connectivity index (χ0n) is 17.3. The third-order valence-electron chi connectivity index (χ3n) is 5.28. The number of hydrogen-bond donors (Lipinski definition) is 2. The van der Waals surface area contributed by atoms with Crippen molar-refractivity contribution in [3.63, 3.8) is 0 Å². The summed E-state index contributed by atoms with van der Waals surface area (Å²) >= 11 is 0. The Labute approximate surface area is 190 Å². The number of anilines is 1. The summed E-state index contributed by atoms with van der Waals surface area (Å²) in [6.45, 7) is 2.74. The summed E-state index contributed by atoms with van der Waals surface area (Å²) in [5.74, 6) is -3.63. The van der Waals surface area contributed by atoms with E-state index >= 15 is 0 Å². The number of nitro groups is 1. The molecule has 174 valence electrons. The molecule has 0 bridgehead atoms. The topological polar surface area (TPSA) is 119 Å². The molecule has 1 aliphatic rings. The van der Waals surface area contributed by atoms with Gasteiger partial charge in [-0.25, -0.2) is 0 Å². The molecular formula is C22H16F3N5O4. The van der Waals surface area contributed by atoms with Crippen LogP contribution < -0.4 is 10.6 Å². The van der Waals surface area contributed by atoms with E-state index in [0.29, 0.717) is 11.4 Å². The first-order valence-corrected chi connectivity index (χ1v) is 9.85. The number of hydrogen-bond acceptors (Lipinski definition) is 5. The number of amides is 2. The Morgan fingerprint density at radius 3 is 2.71 bits per heavy atom. The van der Waals surface area contributed by atoms with E-state index in [1.807, 2.05) is 0 Å². The quantitative estimate of drug-likeness (QED) is 0.332. The number of carbonyl (C=O) groups is 2. The molecule has 4 rings (SSSR count). The number of rotatable bonds is 5. The van der Waals surface area contributed by atoms with E-state index in [4.69, 9.17) is 0 Å². The molecule has 12 heteroatoms. The summed E-state index contributed by atoms with van der Waals surface area (Å²) in [6.07, 6.45) is -2.23. The van der Waals surface area contributed by atoms with E-state index in [0.717, 1.165) is 12.1 Å². The molecule has 1 aliphatic heterocycles. The van der Waals surface area contributed by atoms with Gasteiger partial charge < -0.3 is 20.7 Å². The van der Waals surface area contributed by atoms with Gasteiger partial charge in [0.2, 0.25) is 5.91 Å². The van der Waals surface area contributed by atoms with Crippen molar-refractivity contribution in [1.29, 1.82) is 0 Å². The molecule has 0 fully saturated rings. The number of fused-ring (bicyclic) bond motifs is 1. The van der Waals surface area contributed by atoms with E-state index in [9.17, 15) is 32.9 Å². The molecule has 0 aliphatic carbocycles. The first kappa shape index (κ1) is 22.7. The van der Waals surface area contributed by atoms with Crippen LogP contribution in [0.15, 0.2) is 61.3 Å². The van der Waals surface area contributed by atoms with E-state index in [2.05, 4.69) is 22.3 Å². The van der Waals surface area contributed by atoms with Crippen molar-refractivity contribution in [2.45, 2.75) is 12.1 Å². The monoisotopic (exact) mass is 471 g/mol. The summed E-state index contributed by atoms with van der Waals surface area (Å²) in [7, 11) is 0. The molecule has 2 heterocycles. The van der Waals surface area contributed by atoms with Crippen molar-refractivity contribution < 1.29 is 27.7 Å². The van der Waals surface area contributed by atoms with Crippen LogP contribution in [0.5, 0.6) is 0 Å². The fraction of sp³-hybridized carbons (Fsp3) is 0.136. The van der Waals surface area contributed by atoms with Crippen LogP contribution in [-0.2, 0) is 4.79 Å². The fourth-order valence-electron chi connectivity index (χ4n) is 3.67. The minimum absolute atomic E-state index is 0.0276. The summed E-state index contributed by atoms with van der Waals surface area (Å²) in [6, 6.07) is 9.97. The van der Waals surface area contributed by atoms with Gasteiger partial charge in [-0.2, -0.15) is 13.2 Å². The SMILES string of the molecule is C=CC(=O)Nc1cccc(-n2cc(-c3ccc4c(c3)C(C(F)(F)F)CNC4=O)c([N+](=O)[O-])n2)c1. The summed E-state index contributed by atoms with van der Waals surface area (Å²) in [5, 5.41) is 20.4. The molecule has 1 unspecified atom stereocenters. The first-order chi connectivity index (χ1) is 16.1. The van der Waals surface area contributed by atoms with Crippen LogP contribution in [0.1, 0.15) is 21.8 Å². The van der Waals surface area contributed by atoms with Crippen molar-refractivity contribution in [1.82, 2.24) is 15.1 Å². The average molecular weight is 471 g/mol. The minimum atomic E-state index is -4.62. The predicted molar refractivity (Wildman–Crippen MR) is 116 cm³/mol. The van der Waals surface area contributed by atoms with Crippen molar-refractivity contribution >= 4 is 23.3 Å². The highest BCUT2D eigenvalue weighted by atomic mass is 19.4. The number of carbonyl (C=O) groups excluding carboxylic acids is 2. The van der Waals surface area contributed by atoms with Crippen LogP contribution in [0.4, 0.5) is 24.7 Å². The van der Waals surface area contributed by atoms with Crippen LogP contribution in [0.3, 0.4) is 0 Å². The lowest BCUT2D eigenvalue weighted by molar-refractivity contribution is -0.389. The normalized spacial score (nSPS) is 15.3. The minimum Gasteiger partial charge on any atom is -0.358 e. The highest BCUT2D eigenvalue weighted by Crippen LogP contribution is 2.40. The number of nitrogens with zero attached hydrogens (tertiary/aromatic N) is 3. The lowest BCUT2D eigenvalue weighted by atomic mass is 9.87. The van der Waals surface area contributed by atoms with Crippen LogP contribution in [0, 0.1) is 10.1 Å². The van der Waals surface area contributed by atoms with Gasteiger partial charge in [-0.15, -0.1) is 4.68 Å². The molecule has 0 radical (unpaired) electrons. The van der Waals surface area contributed by atoms with Crippen LogP contribution in [-0.4, -0.2) is 39.2 Å². The largest absolute Gasteiger partial charge is 0.398 e. The zero-order valence-corrected chi connectivity index (χ0v) is 17.3. The standard InChI is InChI=1S/C22H16F3N5O4/c1-2-19(31)27-13-4-3-5-14(9-13)29-11-17(20(28-29)30(33)34)12-6-7-15-16(8-12)18(22(23,24)25)10-26-21(15)32/h2-9,11,18H,1,10H2,(H,26,32)(H,27,31). The molecular weight excluding hydrogens is 455 g/mol. The molecule has 3 aromatic rings. The average Bonchev–Trinajstić information content (AvgIpc) is 3.24. The van der Waals surface area contributed by atoms with Crippen molar-refractivity contribution in [3.8, 4) is 16.8 Å². The van der Waals surface area contributed by atoms with Crippen LogP contribution in [0.2, 0.25) is 0 Å². The van der Waals surface area contributed by atoms with E-state index in [1.165, 1.54) is 29.1 Å². The number of halogens is 3. The number of benzene rings is 2. The summed E-state index contributed by atoms with van der Waals surface area (Å²) in [5.41, 5.74) is 0.427. The lowest BCUT2D eigenvalue weighted by Crippen LogP contribution is -2.40.